The Kier molecular flexibility index (Phi) is 47.6. The number of likely N-dealkylation sites (N-methyl/N-ethyl adjacent to an activating group) is 1. The van der Waals surface area contributed by atoms with Gasteiger partial charge in [0.1, 0.15) is 19.8 Å². The van der Waals surface area contributed by atoms with Gasteiger partial charge in [0.2, 0.25) is 0 Å². The highest BCUT2D eigenvalue weighted by atomic mass is 31.2. The zero-order valence-electron chi connectivity index (χ0n) is 44.6. The number of nitrogens with zero attached hydrogens (tertiary/aromatic N) is 1. The van der Waals surface area contributed by atoms with Crippen LogP contribution >= 0.6 is 7.82 Å². The fourth-order valence-electron chi connectivity index (χ4n) is 7.49. The number of phosphoric acid groups is 1. The molecule has 0 fully saturated rings. The van der Waals surface area contributed by atoms with E-state index < -0.39 is 26.5 Å². The van der Waals surface area contributed by atoms with Gasteiger partial charge in [-0.05, 0) is 64.2 Å². The molecule has 0 saturated heterocycles. The number of allylic oxidation sites excluding steroid dienone is 12. The highest BCUT2D eigenvalue weighted by molar-refractivity contribution is 7.47. The second-order valence-electron chi connectivity index (χ2n) is 19.6. The minimum Gasteiger partial charge on any atom is -0.462 e. The van der Waals surface area contributed by atoms with Crippen LogP contribution in [0.4, 0.5) is 0 Å². The van der Waals surface area contributed by atoms with Crippen molar-refractivity contribution in [3.63, 3.8) is 0 Å². The SMILES string of the molecule is CC/C=C\C/C=C\C/C=C\C/C=C\C/C=C\C/C=C\CCCCCCCCCCC(=O)OC(COC(=O)CCCCCCCCCCCCCCCCCCC)COP(=O)(O)OCC[N+](C)(C)C. The molecule has 9 nitrogen and oxygen atoms in total. The quantitative estimate of drug-likeness (QED) is 0.0211. The van der Waals surface area contributed by atoms with E-state index in [0.29, 0.717) is 17.4 Å². The molecule has 0 aliphatic carbocycles. The zero-order valence-corrected chi connectivity index (χ0v) is 45.5. The van der Waals surface area contributed by atoms with Gasteiger partial charge in [-0.15, -0.1) is 0 Å². The molecule has 394 valence electrons. The van der Waals surface area contributed by atoms with E-state index in [1.807, 2.05) is 21.1 Å². The summed E-state index contributed by atoms with van der Waals surface area (Å²) in [5.41, 5.74) is 0. The van der Waals surface area contributed by atoms with Crippen molar-refractivity contribution in [1.82, 2.24) is 0 Å². The molecule has 0 saturated carbocycles. The molecule has 68 heavy (non-hydrogen) atoms. The number of hydrogen-bond acceptors (Lipinski definition) is 7. The van der Waals surface area contributed by atoms with Gasteiger partial charge in [0.15, 0.2) is 6.10 Å². The van der Waals surface area contributed by atoms with E-state index in [1.165, 1.54) is 116 Å². The van der Waals surface area contributed by atoms with E-state index in [1.54, 1.807) is 0 Å². The normalized spacial score (nSPS) is 13.9. The standard InChI is InChI=1S/C58H104NO8P/c1-6-8-10-12-14-16-18-20-22-24-25-26-27-28-29-30-31-32-33-35-37-39-41-43-45-47-49-51-58(61)67-56(55-66-68(62,63)65-53-52-59(3,4)5)54-64-57(60)50-48-46-44-42-40-38-36-34-23-21-19-17-15-13-11-9-7-2/h8,10,14,16,20,22,25-26,28-29,31-32,56H,6-7,9,11-13,15,17-19,21,23-24,27,30,33-55H2,1-5H3/p+1/b10-8-,16-14-,22-20-,26-25-,29-28-,32-31-. The number of unbranched alkanes of at least 4 members (excludes halogenated alkanes) is 24. The fraction of sp³-hybridized carbons (Fsp3) is 0.759. The molecule has 0 heterocycles. The second kappa shape index (κ2) is 49.4. The maximum absolute atomic E-state index is 12.8. The first kappa shape index (κ1) is 65.5. The molecule has 1 N–H and O–H groups in total. The van der Waals surface area contributed by atoms with Crippen LogP contribution in [0.5, 0.6) is 0 Å². The van der Waals surface area contributed by atoms with E-state index in [0.717, 1.165) is 83.5 Å². The van der Waals surface area contributed by atoms with Crippen LogP contribution in [-0.4, -0.2) is 74.9 Å². The van der Waals surface area contributed by atoms with Gasteiger partial charge >= 0.3 is 19.8 Å². The molecule has 0 radical (unpaired) electrons. The van der Waals surface area contributed by atoms with Crippen LogP contribution < -0.4 is 0 Å². The number of phosphoric ester groups is 1. The summed E-state index contributed by atoms with van der Waals surface area (Å²) in [7, 11) is 1.47. The fourth-order valence-corrected chi connectivity index (χ4v) is 8.23. The van der Waals surface area contributed by atoms with Crippen LogP contribution in [-0.2, 0) is 32.7 Å². The van der Waals surface area contributed by atoms with Gasteiger partial charge in [-0.3, -0.25) is 18.6 Å². The third-order valence-electron chi connectivity index (χ3n) is 11.8. The molecule has 0 aliphatic heterocycles. The Hall–Kier alpha value is -2.55. The summed E-state index contributed by atoms with van der Waals surface area (Å²) >= 11 is 0. The van der Waals surface area contributed by atoms with Crippen molar-refractivity contribution in [1.29, 1.82) is 0 Å². The van der Waals surface area contributed by atoms with Crippen molar-refractivity contribution >= 4 is 19.8 Å². The Morgan fingerprint density at radius 1 is 0.471 bits per heavy atom. The molecule has 0 aliphatic rings. The summed E-state index contributed by atoms with van der Waals surface area (Å²) in [4.78, 5) is 35.6. The number of quaternary nitrogens is 1. The van der Waals surface area contributed by atoms with Crippen molar-refractivity contribution in [2.45, 2.75) is 238 Å². The number of rotatable bonds is 50. The van der Waals surface area contributed by atoms with Gasteiger partial charge in [0.05, 0.1) is 27.7 Å². The Labute approximate surface area is 418 Å². The largest absolute Gasteiger partial charge is 0.472 e. The lowest BCUT2D eigenvalue weighted by Crippen LogP contribution is -2.37. The van der Waals surface area contributed by atoms with Crippen molar-refractivity contribution in [2.24, 2.45) is 0 Å². The molecule has 0 aromatic rings. The molecule has 0 aromatic carbocycles. The molecule has 0 bridgehead atoms. The topological polar surface area (TPSA) is 108 Å². The number of ether oxygens (including phenoxy) is 2. The highest BCUT2D eigenvalue weighted by Crippen LogP contribution is 2.43. The number of esters is 2. The monoisotopic (exact) mass is 975 g/mol. The van der Waals surface area contributed by atoms with Gasteiger partial charge in [0, 0.05) is 12.8 Å². The molecule has 0 rings (SSSR count). The summed E-state index contributed by atoms with van der Waals surface area (Å²) in [5, 5.41) is 0. The summed E-state index contributed by atoms with van der Waals surface area (Å²) in [6.07, 6.45) is 63.8. The Morgan fingerprint density at radius 2 is 0.838 bits per heavy atom. The third kappa shape index (κ3) is 52.8. The van der Waals surface area contributed by atoms with Crippen molar-refractivity contribution in [3.05, 3.63) is 72.9 Å². The van der Waals surface area contributed by atoms with E-state index in [-0.39, 0.29) is 32.0 Å². The van der Waals surface area contributed by atoms with E-state index in [2.05, 4.69) is 86.8 Å². The molecular weight excluding hydrogens is 870 g/mol. The van der Waals surface area contributed by atoms with Crippen LogP contribution in [0.15, 0.2) is 72.9 Å². The highest BCUT2D eigenvalue weighted by Gasteiger charge is 2.27. The third-order valence-corrected chi connectivity index (χ3v) is 12.7. The van der Waals surface area contributed by atoms with Crippen LogP contribution in [0.1, 0.15) is 232 Å². The predicted octanol–water partition coefficient (Wildman–Crippen LogP) is 16.9. The number of carbonyl (C=O) groups is 2. The lowest BCUT2D eigenvalue weighted by atomic mass is 10.0. The first-order valence-corrected chi connectivity index (χ1v) is 29.2. The lowest BCUT2D eigenvalue weighted by molar-refractivity contribution is -0.870. The first-order valence-electron chi connectivity index (χ1n) is 27.7. The summed E-state index contributed by atoms with van der Waals surface area (Å²) in [6.45, 7) is 4.32. The number of hydrogen-bond donors (Lipinski definition) is 1. The van der Waals surface area contributed by atoms with Gasteiger partial charge in [-0.1, -0.05) is 228 Å². The van der Waals surface area contributed by atoms with E-state index in [9.17, 15) is 19.0 Å². The average molecular weight is 975 g/mol. The zero-order chi connectivity index (χ0) is 49.9. The first-order chi connectivity index (χ1) is 33.0. The lowest BCUT2D eigenvalue weighted by Gasteiger charge is -2.24. The minimum atomic E-state index is -4.39. The van der Waals surface area contributed by atoms with Gasteiger partial charge in [0.25, 0.3) is 0 Å². The maximum atomic E-state index is 12.8. The Morgan fingerprint density at radius 3 is 1.25 bits per heavy atom. The molecule has 0 amide bonds. The smallest absolute Gasteiger partial charge is 0.462 e. The van der Waals surface area contributed by atoms with Gasteiger partial charge in [-0.25, -0.2) is 4.57 Å². The predicted molar refractivity (Wildman–Crippen MR) is 289 cm³/mol. The average Bonchev–Trinajstić information content (AvgIpc) is 3.30. The van der Waals surface area contributed by atoms with Crippen LogP contribution in [0.2, 0.25) is 0 Å². The molecule has 2 unspecified atom stereocenters. The summed E-state index contributed by atoms with van der Waals surface area (Å²) in [6, 6.07) is 0. The van der Waals surface area contributed by atoms with E-state index in [4.69, 9.17) is 18.5 Å². The summed E-state index contributed by atoms with van der Waals surface area (Å²) in [5.74, 6) is -0.803. The second-order valence-corrected chi connectivity index (χ2v) is 21.0. The minimum absolute atomic E-state index is 0.0282. The molecule has 2 atom stereocenters. The van der Waals surface area contributed by atoms with E-state index >= 15 is 0 Å². The molecule has 0 aromatic heterocycles. The summed E-state index contributed by atoms with van der Waals surface area (Å²) < 4.78 is 34.5. The van der Waals surface area contributed by atoms with Crippen molar-refractivity contribution in [3.8, 4) is 0 Å². The van der Waals surface area contributed by atoms with Crippen LogP contribution in [0, 0.1) is 0 Å². The maximum Gasteiger partial charge on any atom is 0.472 e. The van der Waals surface area contributed by atoms with Crippen molar-refractivity contribution in [2.75, 3.05) is 47.5 Å². The Bertz CT molecular complexity index is 1380. The van der Waals surface area contributed by atoms with Crippen LogP contribution in [0.3, 0.4) is 0 Å². The molecule has 10 heteroatoms. The number of carbonyl (C=O) groups excluding carboxylic acids is 2. The van der Waals surface area contributed by atoms with Crippen molar-refractivity contribution < 1.29 is 42.1 Å². The van der Waals surface area contributed by atoms with Gasteiger partial charge < -0.3 is 18.9 Å². The van der Waals surface area contributed by atoms with Gasteiger partial charge in [-0.2, -0.15) is 0 Å². The Balaban J connectivity index is 4.22. The molecular formula is C58H105NO8P+. The van der Waals surface area contributed by atoms with Crippen LogP contribution in [0.25, 0.3) is 0 Å². The molecule has 0 spiro atoms.